The fourth-order valence-corrected chi connectivity index (χ4v) is 3.24. The Morgan fingerprint density at radius 3 is 2.95 bits per heavy atom. The van der Waals surface area contributed by atoms with Crippen molar-refractivity contribution >= 4 is 27.4 Å². The van der Waals surface area contributed by atoms with Crippen LogP contribution in [0.3, 0.4) is 0 Å². The van der Waals surface area contributed by atoms with Crippen molar-refractivity contribution in [1.29, 1.82) is 0 Å². The third kappa shape index (κ3) is 3.42. The van der Waals surface area contributed by atoms with E-state index < -0.39 is 0 Å². The average molecular weight is 279 g/mol. The predicted octanol–water partition coefficient (Wildman–Crippen LogP) is 3.21. The highest BCUT2D eigenvalue weighted by Gasteiger charge is 2.11. The maximum atomic E-state index is 9.08. The van der Waals surface area contributed by atoms with Crippen LogP contribution in [0.15, 0.2) is 11.7 Å². The van der Waals surface area contributed by atoms with E-state index in [1.807, 2.05) is 0 Å². The van der Waals surface area contributed by atoms with E-state index in [0.717, 1.165) is 41.8 Å². The average Bonchev–Trinajstić information content (AvgIpc) is 2.79. The fourth-order valence-electron chi connectivity index (χ4n) is 2.28. The molecule has 0 aliphatic heterocycles. The molecule has 0 radical (unpaired) electrons. The van der Waals surface area contributed by atoms with Crippen LogP contribution >= 0.6 is 11.3 Å². The zero-order valence-corrected chi connectivity index (χ0v) is 12.3. The first-order valence-corrected chi connectivity index (χ1v) is 7.67. The first-order valence-electron chi connectivity index (χ1n) is 6.79. The van der Waals surface area contributed by atoms with Crippen molar-refractivity contribution in [3.63, 3.8) is 0 Å². The maximum Gasteiger partial charge on any atom is 0.147 e. The van der Waals surface area contributed by atoms with Crippen LogP contribution in [0.5, 0.6) is 0 Å². The van der Waals surface area contributed by atoms with E-state index >= 15 is 0 Å². The Hall–Kier alpha value is -1.20. The summed E-state index contributed by atoms with van der Waals surface area (Å²) < 4.78 is 1.12. The van der Waals surface area contributed by atoms with Gasteiger partial charge in [0.1, 0.15) is 12.1 Å². The fraction of sp³-hybridized carbons (Fsp3) is 0.571. The molecule has 1 atom stereocenters. The van der Waals surface area contributed by atoms with E-state index in [2.05, 4.69) is 34.5 Å². The third-order valence-electron chi connectivity index (χ3n) is 3.32. The van der Waals surface area contributed by atoms with E-state index in [1.54, 1.807) is 17.7 Å². The van der Waals surface area contributed by atoms with Crippen LogP contribution in [-0.4, -0.2) is 28.2 Å². The molecule has 19 heavy (non-hydrogen) atoms. The molecule has 2 rings (SSSR count). The summed E-state index contributed by atoms with van der Waals surface area (Å²) >= 11 is 1.68. The van der Waals surface area contributed by atoms with Gasteiger partial charge in [0.25, 0.3) is 0 Å². The SMILES string of the molecule is CCCC(CCO)CNc1ncnc2c(C)csc12. The van der Waals surface area contributed by atoms with Gasteiger partial charge in [0.15, 0.2) is 0 Å². The van der Waals surface area contributed by atoms with Crippen molar-refractivity contribution in [3.8, 4) is 0 Å². The van der Waals surface area contributed by atoms with Gasteiger partial charge in [-0.05, 0) is 36.6 Å². The number of rotatable bonds is 7. The number of aliphatic hydroxyl groups is 1. The number of nitrogens with zero attached hydrogens (tertiary/aromatic N) is 2. The standard InChI is InChI=1S/C14H21N3OS/c1-3-4-11(5-6-18)7-15-14-13-12(16-9-17-14)10(2)8-19-13/h8-9,11,18H,3-7H2,1-2H3,(H,15,16,17). The molecule has 0 aliphatic carbocycles. The Kier molecular flexibility index (Phi) is 5.10. The predicted molar refractivity (Wildman–Crippen MR) is 80.7 cm³/mol. The largest absolute Gasteiger partial charge is 0.396 e. The van der Waals surface area contributed by atoms with Crippen LogP contribution in [0.25, 0.3) is 10.2 Å². The molecule has 1 unspecified atom stereocenters. The van der Waals surface area contributed by atoms with E-state index in [-0.39, 0.29) is 6.61 Å². The first kappa shape index (κ1) is 14.2. The van der Waals surface area contributed by atoms with E-state index in [4.69, 9.17) is 5.11 Å². The van der Waals surface area contributed by atoms with Crippen LogP contribution in [0.4, 0.5) is 5.82 Å². The maximum absolute atomic E-state index is 9.08. The molecule has 5 heteroatoms. The zero-order chi connectivity index (χ0) is 13.7. The summed E-state index contributed by atoms with van der Waals surface area (Å²) in [5.41, 5.74) is 2.24. The molecule has 2 N–H and O–H groups in total. The molecule has 2 aromatic heterocycles. The van der Waals surface area contributed by atoms with E-state index in [1.165, 1.54) is 5.56 Å². The molecule has 0 aromatic carbocycles. The molecule has 0 bridgehead atoms. The van der Waals surface area contributed by atoms with Crippen molar-refractivity contribution in [2.75, 3.05) is 18.5 Å². The molecule has 0 saturated heterocycles. The highest BCUT2D eigenvalue weighted by molar-refractivity contribution is 7.18. The molecule has 0 aliphatic rings. The topological polar surface area (TPSA) is 58.0 Å². The number of fused-ring (bicyclic) bond motifs is 1. The first-order chi connectivity index (χ1) is 9.26. The summed E-state index contributed by atoms with van der Waals surface area (Å²) in [7, 11) is 0. The number of anilines is 1. The molecule has 0 spiro atoms. The van der Waals surface area contributed by atoms with Gasteiger partial charge >= 0.3 is 0 Å². The molecule has 0 fully saturated rings. The van der Waals surface area contributed by atoms with Gasteiger partial charge in [0.2, 0.25) is 0 Å². The van der Waals surface area contributed by atoms with Gasteiger partial charge < -0.3 is 10.4 Å². The molecule has 2 aromatic rings. The normalized spacial score (nSPS) is 12.8. The van der Waals surface area contributed by atoms with Gasteiger partial charge in [-0.3, -0.25) is 0 Å². The Balaban J connectivity index is 2.08. The lowest BCUT2D eigenvalue weighted by molar-refractivity contribution is 0.255. The van der Waals surface area contributed by atoms with Crippen molar-refractivity contribution in [2.45, 2.75) is 33.1 Å². The summed E-state index contributed by atoms with van der Waals surface area (Å²) in [4.78, 5) is 8.66. The van der Waals surface area contributed by atoms with Crippen molar-refractivity contribution in [1.82, 2.24) is 9.97 Å². The zero-order valence-electron chi connectivity index (χ0n) is 11.5. The minimum absolute atomic E-state index is 0.254. The summed E-state index contributed by atoms with van der Waals surface area (Å²) in [6.07, 6.45) is 4.73. The monoisotopic (exact) mass is 279 g/mol. The molecule has 4 nitrogen and oxygen atoms in total. The van der Waals surface area contributed by atoms with Crippen molar-refractivity contribution in [2.24, 2.45) is 5.92 Å². The number of hydrogen-bond donors (Lipinski definition) is 2. The lowest BCUT2D eigenvalue weighted by Gasteiger charge is -2.16. The van der Waals surface area contributed by atoms with Gasteiger partial charge in [0, 0.05) is 13.2 Å². The van der Waals surface area contributed by atoms with Crippen molar-refractivity contribution in [3.05, 3.63) is 17.3 Å². The molecule has 0 saturated carbocycles. The second-order valence-corrected chi connectivity index (χ2v) is 5.75. The Morgan fingerprint density at radius 1 is 1.37 bits per heavy atom. The lowest BCUT2D eigenvalue weighted by atomic mass is 10.0. The Morgan fingerprint density at radius 2 is 2.21 bits per heavy atom. The summed E-state index contributed by atoms with van der Waals surface area (Å²) in [5.74, 6) is 1.42. The number of aliphatic hydroxyl groups excluding tert-OH is 1. The Labute approximate surface area is 117 Å². The summed E-state index contributed by atoms with van der Waals surface area (Å²) in [6.45, 7) is 5.36. The van der Waals surface area contributed by atoms with Crippen LogP contribution < -0.4 is 5.32 Å². The molecular weight excluding hydrogens is 258 g/mol. The number of nitrogens with one attached hydrogen (secondary N) is 1. The van der Waals surface area contributed by atoms with Gasteiger partial charge in [0.05, 0.1) is 10.2 Å². The van der Waals surface area contributed by atoms with Gasteiger partial charge in [-0.2, -0.15) is 0 Å². The second kappa shape index (κ2) is 6.82. The van der Waals surface area contributed by atoms with Crippen molar-refractivity contribution < 1.29 is 5.11 Å². The number of hydrogen-bond acceptors (Lipinski definition) is 5. The highest BCUT2D eigenvalue weighted by atomic mass is 32.1. The van der Waals surface area contributed by atoms with E-state index in [9.17, 15) is 0 Å². The summed E-state index contributed by atoms with van der Waals surface area (Å²) in [5, 5.41) is 14.6. The van der Waals surface area contributed by atoms with Gasteiger partial charge in [-0.25, -0.2) is 9.97 Å². The second-order valence-electron chi connectivity index (χ2n) is 4.87. The third-order valence-corrected chi connectivity index (χ3v) is 4.42. The lowest BCUT2D eigenvalue weighted by Crippen LogP contribution is -2.16. The van der Waals surface area contributed by atoms with Crippen LogP contribution in [-0.2, 0) is 0 Å². The minimum atomic E-state index is 0.254. The molecule has 104 valence electrons. The van der Waals surface area contributed by atoms with Crippen LogP contribution in [0, 0.1) is 12.8 Å². The highest BCUT2D eigenvalue weighted by Crippen LogP contribution is 2.28. The van der Waals surface area contributed by atoms with E-state index in [0.29, 0.717) is 5.92 Å². The van der Waals surface area contributed by atoms with Gasteiger partial charge in [-0.1, -0.05) is 13.3 Å². The summed E-state index contributed by atoms with van der Waals surface area (Å²) in [6, 6.07) is 0. The molecule has 2 heterocycles. The number of aryl methyl sites for hydroxylation is 1. The molecular formula is C14H21N3OS. The number of thiophene rings is 1. The Bertz CT molecular complexity index is 520. The smallest absolute Gasteiger partial charge is 0.147 e. The van der Waals surface area contributed by atoms with Crippen LogP contribution in [0.1, 0.15) is 31.7 Å². The quantitative estimate of drug-likeness (QED) is 0.817. The minimum Gasteiger partial charge on any atom is -0.396 e. The van der Waals surface area contributed by atoms with Gasteiger partial charge in [-0.15, -0.1) is 11.3 Å². The number of aromatic nitrogens is 2. The van der Waals surface area contributed by atoms with Crippen LogP contribution in [0.2, 0.25) is 0 Å². The molecule has 0 amide bonds.